The van der Waals surface area contributed by atoms with Gasteiger partial charge in [-0.3, -0.25) is 9.69 Å². The Kier molecular flexibility index (Phi) is 6.33. The minimum absolute atomic E-state index is 0.106. The number of hydrogen-bond donors (Lipinski definition) is 0. The second kappa shape index (κ2) is 8.90. The van der Waals surface area contributed by atoms with E-state index >= 15 is 0 Å². The summed E-state index contributed by atoms with van der Waals surface area (Å²) in [4.78, 5) is 16.5. The van der Waals surface area contributed by atoms with Crippen molar-refractivity contribution < 1.29 is 9.53 Å². The number of hydrogen-bond acceptors (Lipinski definition) is 4. The zero-order valence-corrected chi connectivity index (χ0v) is 16.0. The molecule has 0 saturated carbocycles. The third-order valence-corrected chi connectivity index (χ3v) is 5.11. The van der Waals surface area contributed by atoms with Gasteiger partial charge in [-0.1, -0.05) is 35.9 Å². The van der Waals surface area contributed by atoms with Crippen molar-refractivity contribution in [3.05, 3.63) is 64.7 Å². The summed E-state index contributed by atoms with van der Waals surface area (Å²) >= 11 is 5.89. The quantitative estimate of drug-likeness (QED) is 0.794. The molecule has 0 N–H and O–H groups in total. The number of piperazine rings is 1. The van der Waals surface area contributed by atoms with E-state index in [1.807, 2.05) is 41.3 Å². The lowest BCUT2D eigenvalue weighted by Gasteiger charge is -2.37. The van der Waals surface area contributed by atoms with Gasteiger partial charge >= 0.3 is 0 Å². The van der Waals surface area contributed by atoms with Crippen molar-refractivity contribution in [1.82, 2.24) is 9.80 Å². The standard InChI is InChI=1S/C21H22ClN3O2/c1-27-19-8-4-17(5-9-19)20(15-23)24-10-12-25(13-11-24)21(26)14-16-2-6-18(22)7-3-16/h2-9,20H,10-14H2,1H3. The lowest BCUT2D eigenvalue weighted by Crippen LogP contribution is -2.49. The van der Waals surface area contributed by atoms with E-state index in [1.165, 1.54) is 0 Å². The normalized spacial score (nSPS) is 15.8. The number of nitrogens with zero attached hydrogens (tertiary/aromatic N) is 3. The van der Waals surface area contributed by atoms with Crippen molar-refractivity contribution in [3.8, 4) is 11.8 Å². The SMILES string of the molecule is COc1ccc(C(C#N)N2CCN(C(=O)Cc3ccc(Cl)cc3)CC2)cc1. The summed E-state index contributed by atoms with van der Waals surface area (Å²) in [5.41, 5.74) is 1.90. The van der Waals surface area contributed by atoms with Gasteiger partial charge < -0.3 is 9.64 Å². The summed E-state index contributed by atoms with van der Waals surface area (Å²) in [5, 5.41) is 10.3. The number of benzene rings is 2. The van der Waals surface area contributed by atoms with Crippen LogP contribution in [-0.2, 0) is 11.2 Å². The van der Waals surface area contributed by atoms with Crippen LogP contribution in [0.4, 0.5) is 0 Å². The van der Waals surface area contributed by atoms with Crippen LogP contribution in [0.25, 0.3) is 0 Å². The summed E-state index contributed by atoms with van der Waals surface area (Å²) < 4.78 is 5.18. The largest absolute Gasteiger partial charge is 0.497 e. The minimum Gasteiger partial charge on any atom is -0.497 e. The van der Waals surface area contributed by atoms with Crippen molar-refractivity contribution in [3.63, 3.8) is 0 Å². The number of ether oxygens (including phenoxy) is 1. The van der Waals surface area contributed by atoms with E-state index in [2.05, 4.69) is 11.0 Å². The first kappa shape index (κ1) is 19.2. The van der Waals surface area contributed by atoms with Gasteiger partial charge in [0.1, 0.15) is 11.8 Å². The fourth-order valence-corrected chi connectivity index (χ4v) is 3.40. The predicted molar refractivity (Wildman–Crippen MR) is 105 cm³/mol. The molecule has 2 aromatic carbocycles. The number of rotatable bonds is 5. The topological polar surface area (TPSA) is 56.6 Å². The lowest BCUT2D eigenvalue weighted by molar-refractivity contribution is -0.132. The molecule has 1 heterocycles. The van der Waals surface area contributed by atoms with Gasteiger partial charge in [0, 0.05) is 31.2 Å². The minimum atomic E-state index is -0.315. The van der Waals surface area contributed by atoms with Gasteiger partial charge in [0.25, 0.3) is 0 Å². The average molecular weight is 384 g/mol. The highest BCUT2D eigenvalue weighted by atomic mass is 35.5. The van der Waals surface area contributed by atoms with Gasteiger partial charge in [-0.05, 0) is 35.4 Å². The Morgan fingerprint density at radius 2 is 1.74 bits per heavy atom. The monoisotopic (exact) mass is 383 g/mol. The van der Waals surface area contributed by atoms with E-state index in [4.69, 9.17) is 16.3 Å². The van der Waals surface area contributed by atoms with E-state index in [-0.39, 0.29) is 11.9 Å². The van der Waals surface area contributed by atoms with Gasteiger partial charge in [0.05, 0.1) is 19.6 Å². The Morgan fingerprint density at radius 3 is 2.30 bits per heavy atom. The molecule has 1 saturated heterocycles. The molecule has 5 nitrogen and oxygen atoms in total. The third-order valence-electron chi connectivity index (χ3n) is 4.85. The first-order valence-electron chi connectivity index (χ1n) is 8.90. The molecule has 0 spiro atoms. The highest BCUT2D eigenvalue weighted by molar-refractivity contribution is 6.30. The van der Waals surface area contributed by atoms with E-state index in [9.17, 15) is 10.1 Å². The Labute approximate surface area is 164 Å². The highest BCUT2D eigenvalue weighted by Gasteiger charge is 2.27. The molecule has 3 rings (SSSR count). The van der Waals surface area contributed by atoms with Crippen LogP contribution in [0, 0.1) is 11.3 Å². The molecule has 0 aliphatic carbocycles. The van der Waals surface area contributed by atoms with E-state index in [1.54, 1.807) is 19.2 Å². The van der Waals surface area contributed by atoms with Crippen LogP contribution in [0.1, 0.15) is 17.2 Å². The molecule has 6 heteroatoms. The van der Waals surface area contributed by atoms with Crippen molar-refractivity contribution in [1.29, 1.82) is 5.26 Å². The van der Waals surface area contributed by atoms with Gasteiger partial charge in [-0.15, -0.1) is 0 Å². The fourth-order valence-electron chi connectivity index (χ4n) is 3.27. The Bertz CT molecular complexity index is 807. The molecule has 1 amide bonds. The van der Waals surface area contributed by atoms with Crippen molar-refractivity contribution >= 4 is 17.5 Å². The predicted octanol–water partition coefficient (Wildman–Crippen LogP) is 3.30. The van der Waals surface area contributed by atoms with Crippen LogP contribution in [0.5, 0.6) is 5.75 Å². The van der Waals surface area contributed by atoms with E-state index < -0.39 is 0 Å². The molecule has 2 aromatic rings. The Balaban J connectivity index is 1.57. The summed E-state index contributed by atoms with van der Waals surface area (Å²) in [5.74, 6) is 0.878. The first-order valence-corrected chi connectivity index (χ1v) is 9.28. The Hall–Kier alpha value is -2.55. The zero-order chi connectivity index (χ0) is 19.2. The first-order chi connectivity index (χ1) is 13.1. The van der Waals surface area contributed by atoms with Crippen LogP contribution in [0.3, 0.4) is 0 Å². The molecule has 140 valence electrons. The summed E-state index contributed by atoms with van der Waals surface area (Å²) in [6, 6.07) is 17.0. The number of carbonyl (C=O) groups excluding carboxylic acids is 1. The summed E-state index contributed by atoms with van der Waals surface area (Å²) in [6.45, 7) is 2.61. The van der Waals surface area contributed by atoms with Gasteiger partial charge in [-0.2, -0.15) is 5.26 Å². The fraction of sp³-hybridized carbons (Fsp3) is 0.333. The molecular weight excluding hydrogens is 362 g/mol. The number of methoxy groups -OCH3 is 1. The molecule has 1 aliphatic heterocycles. The van der Waals surface area contributed by atoms with Crippen molar-refractivity contribution in [2.45, 2.75) is 12.5 Å². The highest BCUT2D eigenvalue weighted by Crippen LogP contribution is 2.24. The number of carbonyl (C=O) groups is 1. The van der Waals surface area contributed by atoms with Crippen LogP contribution in [0.15, 0.2) is 48.5 Å². The smallest absolute Gasteiger partial charge is 0.227 e. The number of halogens is 1. The molecule has 1 unspecified atom stereocenters. The molecule has 0 bridgehead atoms. The zero-order valence-electron chi connectivity index (χ0n) is 15.3. The van der Waals surface area contributed by atoms with E-state index in [0.717, 1.165) is 16.9 Å². The van der Waals surface area contributed by atoms with Gasteiger partial charge in [-0.25, -0.2) is 0 Å². The van der Waals surface area contributed by atoms with E-state index in [0.29, 0.717) is 37.6 Å². The summed E-state index contributed by atoms with van der Waals surface area (Å²) in [7, 11) is 1.62. The third kappa shape index (κ3) is 4.79. The maximum atomic E-state index is 12.5. The lowest BCUT2D eigenvalue weighted by atomic mass is 10.1. The van der Waals surface area contributed by atoms with Crippen LogP contribution >= 0.6 is 11.6 Å². The van der Waals surface area contributed by atoms with Crippen LogP contribution in [-0.4, -0.2) is 49.0 Å². The molecule has 27 heavy (non-hydrogen) atoms. The molecular formula is C21H22ClN3O2. The van der Waals surface area contributed by atoms with Gasteiger partial charge in [0.15, 0.2) is 0 Å². The number of nitriles is 1. The second-order valence-electron chi connectivity index (χ2n) is 6.52. The molecule has 0 radical (unpaired) electrons. The summed E-state index contributed by atoms with van der Waals surface area (Å²) in [6.07, 6.45) is 0.372. The molecule has 1 fully saturated rings. The molecule has 1 atom stereocenters. The van der Waals surface area contributed by atoms with Gasteiger partial charge in [0.2, 0.25) is 5.91 Å². The van der Waals surface area contributed by atoms with Crippen LogP contribution in [0.2, 0.25) is 5.02 Å². The Morgan fingerprint density at radius 1 is 1.11 bits per heavy atom. The van der Waals surface area contributed by atoms with Crippen LogP contribution < -0.4 is 4.74 Å². The second-order valence-corrected chi connectivity index (χ2v) is 6.96. The maximum Gasteiger partial charge on any atom is 0.227 e. The maximum absolute atomic E-state index is 12.5. The number of amides is 1. The van der Waals surface area contributed by atoms with Crippen molar-refractivity contribution in [2.75, 3.05) is 33.3 Å². The van der Waals surface area contributed by atoms with Crippen molar-refractivity contribution in [2.24, 2.45) is 0 Å². The molecule has 1 aliphatic rings. The average Bonchev–Trinajstić information content (AvgIpc) is 2.71. The molecule has 0 aromatic heterocycles.